The second-order valence-corrected chi connectivity index (χ2v) is 5.94. The largest absolute Gasteiger partial charge is 0.416 e. The van der Waals surface area contributed by atoms with Gasteiger partial charge in [0.15, 0.2) is 0 Å². The van der Waals surface area contributed by atoms with E-state index in [2.05, 4.69) is 5.10 Å². The molecule has 0 radical (unpaired) electrons. The number of halogens is 3. The van der Waals surface area contributed by atoms with Crippen LogP contribution >= 0.6 is 0 Å². The van der Waals surface area contributed by atoms with Crippen molar-refractivity contribution >= 4 is 0 Å². The molecule has 2 aromatic rings. The van der Waals surface area contributed by atoms with Crippen molar-refractivity contribution in [2.45, 2.75) is 31.3 Å². The standard InChI is InChI=1S/C16H18F3N3O/c1-21-6-5-13(20-21)9-22-10-14(23)8-15(22)11-3-2-4-12(7-11)16(17,18)19/h2-7,14-15,23H,8-10H2,1H3/t14-,15-/m1/s1. The van der Waals surface area contributed by atoms with Gasteiger partial charge in [-0.25, -0.2) is 0 Å². The average molecular weight is 325 g/mol. The van der Waals surface area contributed by atoms with Gasteiger partial charge >= 0.3 is 6.18 Å². The second-order valence-electron chi connectivity index (χ2n) is 5.94. The van der Waals surface area contributed by atoms with Gasteiger partial charge in [-0.15, -0.1) is 0 Å². The lowest BCUT2D eigenvalue weighted by molar-refractivity contribution is -0.137. The normalized spacial score (nSPS) is 22.7. The highest BCUT2D eigenvalue weighted by Gasteiger charge is 2.35. The zero-order valence-electron chi connectivity index (χ0n) is 12.7. The Morgan fingerprint density at radius 1 is 1.30 bits per heavy atom. The fraction of sp³-hybridized carbons (Fsp3) is 0.438. The van der Waals surface area contributed by atoms with Gasteiger partial charge in [-0.05, 0) is 30.2 Å². The summed E-state index contributed by atoms with van der Waals surface area (Å²) in [5.74, 6) is 0. The molecule has 0 spiro atoms. The van der Waals surface area contributed by atoms with Gasteiger partial charge in [-0.1, -0.05) is 12.1 Å². The number of likely N-dealkylation sites (tertiary alicyclic amines) is 1. The zero-order chi connectivity index (χ0) is 16.6. The summed E-state index contributed by atoms with van der Waals surface area (Å²) in [7, 11) is 1.81. The number of aryl methyl sites for hydroxylation is 1. The first-order chi connectivity index (χ1) is 10.8. The molecule has 7 heteroatoms. The number of β-amino-alcohol motifs (C(OH)–C–C–N with tert-alkyl or cyclic N) is 1. The van der Waals surface area contributed by atoms with Crippen LogP contribution in [0.2, 0.25) is 0 Å². The monoisotopic (exact) mass is 325 g/mol. The smallest absolute Gasteiger partial charge is 0.392 e. The maximum Gasteiger partial charge on any atom is 0.416 e. The van der Waals surface area contributed by atoms with Crippen molar-refractivity contribution < 1.29 is 18.3 Å². The molecule has 0 saturated carbocycles. The molecule has 4 nitrogen and oxygen atoms in total. The third-order valence-electron chi connectivity index (χ3n) is 4.11. The molecular formula is C16H18F3N3O. The van der Waals surface area contributed by atoms with Crippen LogP contribution in [0.1, 0.15) is 29.3 Å². The van der Waals surface area contributed by atoms with Crippen molar-refractivity contribution in [3.8, 4) is 0 Å². The Morgan fingerprint density at radius 2 is 2.09 bits per heavy atom. The average Bonchev–Trinajstić information content (AvgIpc) is 3.04. The van der Waals surface area contributed by atoms with Gasteiger partial charge in [0.05, 0.1) is 17.4 Å². The summed E-state index contributed by atoms with van der Waals surface area (Å²) in [4.78, 5) is 1.97. The molecule has 1 aliphatic rings. The van der Waals surface area contributed by atoms with Crippen LogP contribution in [0.5, 0.6) is 0 Å². The minimum absolute atomic E-state index is 0.241. The molecule has 0 bridgehead atoms. The highest BCUT2D eigenvalue weighted by Crippen LogP contribution is 2.36. The molecule has 0 aliphatic carbocycles. The van der Waals surface area contributed by atoms with Crippen molar-refractivity contribution in [3.63, 3.8) is 0 Å². The molecule has 1 N–H and O–H groups in total. The van der Waals surface area contributed by atoms with Crippen LogP contribution in [0.25, 0.3) is 0 Å². The van der Waals surface area contributed by atoms with Gasteiger partial charge in [0.1, 0.15) is 0 Å². The Balaban J connectivity index is 1.84. The van der Waals surface area contributed by atoms with E-state index in [1.165, 1.54) is 12.1 Å². The third kappa shape index (κ3) is 3.56. The van der Waals surface area contributed by atoms with E-state index in [4.69, 9.17) is 0 Å². The Labute approximate surface area is 132 Å². The lowest BCUT2D eigenvalue weighted by atomic mass is 10.0. The van der Waals surface area contributed by atoms with E-state index in [0.717, 1.165) is 11.8 Å². The van der Waals surface area contributed by atoms with Crippen LogP contribution in [0.3, 0.4) is 0 Å². The van der Waals surface area contributed by atoms with E-state index in [1.54, 1.807) is 10.7 Å². The van der Waals surface area contributed by atoms with Crippen molar-refractivity contribution in [2.75, 3.05) is 6.54 Å². The molecule has 1 fully saturated rings. The van der Waals surface area contributed by atoms with E-state index in [9.17, 15) is 18.3 Å². The fourth-order valence-corrected chi connectivity index (χ4v) is 3.08. The number of aliphatic hydroxyl groups excluding tert-OH is 1. The third-order valence-corrected chi connectivity index (χ3v) is 4.11. The lowest BCUT2D eigenvalue weighted by Gasteiger charge is -2.24. The number of aromatic nitrogens is 2. The SMILES string of the molecule is Cn1ccc(CN2C[C@H](O)C[C@@H]2c2cccc(C(F)(F)F)c2)n1. The summed E-state index contributed by atoms with van der Waals surface area (Å²) in [6.07, 6.45) is -2.66. The summed E-state index contributed by atoms with van der Waals surface area (Å²) >= 11 is 0. The topological polar surface area (TPSA) is 41.3 Å². The summed E-state index contributed by atoms with van der Waals surface area (Å²) in [5.41, 5.74) is 0.750. The van der Waals surface area contributed by atoms with E-state index in [-0.39, 0.29) is 6.04 Å². The second kappa shape index (κ2) is 5.98. The summed E-state index contributed by atoms with van der Waals surface area (Å²) in [6.45, 7) is 0.927. The number of hydrogen-bond acceptors (Lipinski definition) is 3. The molecule has 2 heterocycles. The van der Waals surface area contributed by atoms with Crippen LogP contribution in [0.15, 0.2) is 36.5 Å². The zero-order valence-corrected chi connectivity index (χ0v) is 12.7. The number of rotatable bonds is 3. The molecule has 1 saturated heterocycles. The van der Waals surface area contributed by atoms with Gasteiger partial charge in [-0.2, -0.15) is 18.3 Å². The molecule has 2 atom stereocenters. The molecule has 0 unspecified atom stereocenters. The van der Waals surface area contributed by atoms with E-state index >= 15 is 0 Å². The van der Waals surface area contributed by atoms with Crippen molar-refractivity contribution in [3.05, 3.63) is 53.3 Å². The number of alkyl halides is 3. The van der Waals surface area contributed by atoms with Crippen LogP contribution in [-0.4, -0.2) is 32.4 Å². The number of benzene rings is 1. The first kappa shape index (κ1) is 16.0. The lowest BCUT2D eigenvalue weighted by Crippen LogP contribution is -2.25. The predicted octanol–water partition coefficient (Wildman–Crippen LogP) is 2.75. The van der Waals surface area contributed by atoms with Gasteiger partial charge in [0.25, 0.3) is 0 Å². The first-order valence-electron chi connectivity index (χ1n) is 7.41. The van der Waals surface area contributed by atoms with Gasteiger partial charge in [0.2, 0.25) is 0 Å². The van der Waals surface area contributed by atoms with E-state index in [1.807, 2.05) is 24.2 Å². The Hall–Kier alpha value is -1.86. The van der Waals surface area contributed by atoms with Crippen LogP contribution in [0.4, 0.5) is 13.2 Å². The minimum atomic E-state index is -4.36. The molecule has 1 aromatic heterocycles. The quantitative estimate of drug-likeness (QED) is 0.943. The van der Waals surface area contributed by atoms with Crippen LogP contribution in [0, 0.1) is 0 Å². The number of aliphatic hydroxyl groups is 1. The maximum atomic E-state index is 12.9. The summed E-state index contributed by atoms with van der Waals surface area (Å²) < 4.78 is 40.4. The molecule has 0 amide bonds. The fourth-order valence-electron chi connectivity index (χ4n) is 3.08. The predicted molar refractivity (Wildman–Crippen MR) is 78.4 cm³/mol. The first-order valence-corrected chi connectivity index (χ1v) is 7.41. The molecule has 23 heavy (non-hydrogen) atoms. The summed E-state index contributed by atoms with van der Waals surface area (Å²) in [5, 5.41) is 14.3. The van der Waals surface area contributed by atoms with E-state index in [0.29, 0.717) is 25.1 Å². The van der Waals surface area contributed by atoms with Gasteiger partial charge in [0, 0.05) is 32.4 Å². The van der Waals surface area contributed by atoms with Gasteiger partial charge < -0.3 is 5.11 Å². The maximum absolute atomic E-state index is 12.9. The highest BCUT2D eigenvalue weighted by atomic mass is 19.4. The van der Waals surface area contributed by atoms with Crippen molar-refractivity contribution in [1.29, 1.82) is 0 Å². The molecule has 1 aromatic carbocycles. The molecule has 124 valence electrons. The highest BCUT2D eigenvalue weighted by molar-refractivity contribution is 5.29. The molecule has 3 rings (SSSR count). The Kier molecular flexibility index (Phi) is 4.16. The minimum Gasteiger partial charge on any atom is -0.392 e. The van der Waals surface area contributed by atoms with Crippen molar-refractivity contribution in [2.24, 2.45) is 7.05 Å². The van der Waals surface area contributed by atoms with Crippen molar-refractivity contribution in [1.82, 2.24) is 14.7 Å². The molecular weight excluding hydrogens is 307 g/mol. The number of hydrogen-bond donors (Lipinski definition) is 1. The Bertz CT molecular complexity index is 683. The number of nitrogens with zero attached hydrogens (tertiary/aromatic N) is 3. The molecule has 1 aliphatic heterocycles. The van der Waals surface area contributed by atoms with E-state index < -0.39 is 17.8 Å². The van der Waals surface area contributed by atoms with Crippen LogP contribution < -0.4 is 0 Å². The van der Waals surface area contributed by atoms with Crippen LogP contribution in [-0.2, 0) is 19.8 Å². The Morgan fingerprint density at radius 3 is 2.74 bits per heavy atom. The van der Waals surface area contributed by atoms with Gasteiger partial charge in [-0.3, -0.25) is 9.58 Å². The summed E-state index contributed by atoms with van der Waals surface area (Å²) in [6, 6.07) is 6.97.